The smallest absolute Gasteiger partial charge is 0.327 e. The van der Waals surface area contributed by atoms with Gasteiger partial charge in [-0.3, -0.25) is 4.98 Å². The minimum absolute atomic E-state index is 0.308. The summed E-state index contributed by atoms with van der Waals surface area (Å²) in [5.74, 6) is 0.568. The molecular weight excluding hydrogens is 347 g/mol. The molecule has 0 saturated carbocycles. The molecule has 0 bridgehead atoms. The van der Waals surface area contributed by atoms with Crippen LogP contribution in [0.2, 0.25) is 0 Å². The number of imidazole rings is 1. The SMILES string of the molecule is Cn1c(-c2cncc(Br)c2)nc2cc(C(F)(F)F)ccc21. The van der Waals surface area contributed by atoms with Gasteiger partial charge in [-0.2, -0.15) is 13.2 Å². The number of pyridine rings is 1. The van der Waals surface area contributed by atoms with E-state index in [9.17, 15) is 13.2 Å². The molecular formula is C14H9BrF3N3. The monoisotopic (exact) mass is 355 g/mol. The number of fused-ring (bicyclic) bond motifs is 1. The molecule has 0 aliphatic heterocycles. The minimum atomic E-state index is -4.37. The lowest BCUT2D eigenvalue weighted by atomic mass is 10.2. The molecule has 0 aliphatic carbocycles. The molecule has 0 saturated heterocycles. The van der Waals surface area contributed by atoms with E-state index < -0.39 is 11.7 Å². The molecule has 0 unspecified atom stereocenters. The van der Waals surface area contributed by atoms with E-state index in [-0.39, 0.29) is 0 Å². The van der Waals surface area contributed by atoms with Crippen LogP contribution in [0.1, 0.15) is 5.56 Å². The second-order valence-electron chi connectivity index (χ2n) is 4.59. The van der Waals surface area contributed by atoms with E-state index in [1.807, 2.05) is 6.07 Å². The van der Waals surface area contributed by atoms with E-state index in [4.69, 9.17) is 0 Å². The van der Waals surface area contributed by atoms with Gasteiger partial charge >= 0.3 is 6.18 Å². The maximum Gasteiger partial charge on any atom is 0.416 e. The number of hydrogen-bond donors (Lipinski definition) is 0. The summed E-state index contributed by atoms with van der Waals surface area (Å²) in [7, 11) is 1.76. The van der Waals surface area contributed by atoms with Gasteiger partial charge in [-0.05, 0) is 40.2 Å². The van der Waals surface area contributed by atoms with Crippen molar-refractivity contribution >= 4 is 27.0 Å². The average molecular weight is 356 g/mol. The first-order chi connectivity index (χ1) is 9.86. The van der Waals surface area contributed by atoms with Crippen molar-refractivity contribution in [3.8, 4) is 11.4 Å². The van der Waals surface area contributed by atoms with Gasteiger partial charge in [0.05, 0.1) is 16.6 Å². The first-order valence-electron chi connectivity index (χ1n) is 6.01. The summed E-state index contributed by atoms with van der Waals surface area (Å²) < 4.78 is 40.8. The summed E-state index contributed by atoms with van der Waals surface area (Å²) in [4.78, 5) is 8.35. The summed E-state index contributed by atoms with van der Waals surface area (Å²) in [5, 5.41) is 0. The van der Waals surface area contributed by atoms with Gasteiger partial charge in [0.25, 0.3) is 0 Å². The Hall–Kier alpha value is -1.89. The predicted octanol–water partition coefficient (Wildman–Crippen LogP) is 4.42. The molecule has 0 aliphatic rings. The van der Waals surface area contributed by atoms with Crippen LogP contribution in [0.25, 0.3) is 22.4 Å². The van der Waals surface area contributed by atoms with Gasteiger partial charge in [0, 0.05) is 29.5 Å². The number of halogens is 4. The van der Waals surface area contributed by atoms with Crippen molar-refractivity contribution in [2.75, 3.05) is 0 Å². The van der Waals surface area contributed by atoms with Crippen LogP contribution in [0.3, 0.4) is 0 Å². The number of aromatic nitrogens is 3. The Labute approximate surface area is 126 Å². The van der Waals surface area contributed by atoms with E-state index in [1.54, 1.807) is 24.0 Å². The fourth-order valence-electron chi connectivity index (χ4n) is 2.17. The molecule has 0 atom stereocenters. The van der Waals surface area contributed by atoms with Crippen molar-refractivity contribution in [1.29, 1.82) is 0 Å². The zero-order chi connectivity index (χ0) is 15.2. The highest BCUT2D eigenvalue weighted by Crippen LogP contribution is 2.32. The third-order valence-corrected chi connectivity index (χ3v) is 3.60. The quantitative estimate of drug-likeness (QED) is 0.646. The Morgan fingerprint density at radius 2 is 1.90 bits per heavy atom. The maximum absolute atomic E-state index is 12.7. The minimum Gasteiger partial charge on any atom is -0.327 e. The number of rotatable bonds is 1. The Balaban J connectivity index is 2.20. The zero-order valence-corrected chi connectivity index (χ0v) is 12.4. The largest absolute Gasteiger partial charge is 0.416 e. The van der Waals surface area contributed by atoms with Crippen molar-refractivity contribution in [2.24, 2.45) is 7.05 Å². The predicted molar refractivity (Wildman–Crippen MR) is 76.6 cm³/mol. The standard InChI is InChI=1S/C14H9BrF3N3/c1-21-12-3-2-9(14(16,17)18)5-11(12)20-13(21)8-4-10(15)7-19-6-8/h2-7H,1H3. The Bertz CT molecular complexity index is 824. The van der Waals surface area contributed by atoms with Crippen LogP contribution in [0.5, 0.6) is 0 Å². The van der Waals surface area contributed by atoms with Crippen molar-refractivity contribution < 1.29 is 13.2 Å². The fourth-order valence-corrected chi connectivity index (χ4v) is 2.53. The number of nitrogens with zero attached hydrogens (tertiary/aromatic N) is 3. The zero-order valence-electron chi connectivity index (χ0n) is 10.8. The Morgan fingerprint density at radius 3 is 2.57 bits per heavy atom. The number of benzene rings is 1. The van der Waals surface area contributed by atoms with Gasteiger partial charge in [-0.25, -0.2) is 4.98 Å². The second-order valence-corrected chi connectivity index (χ2v) is 5.50. The first kappa shape index (κ1) is 14.1. The van der Waals surface area contributed by atoms with Gasteiger partial charge in [0.2, 0.25) is 0 Å². The van der Waals surface area contributed by atoms with Crippen molar-refractivity contribution in [2.45, 2.75) is 6.18 Å². The third-order valence-electron chi connectivity index (χ3n) is 3.17. The van der Waals surface area contributed by atoms with E-state index in [0.29, 0.717) is 16.9 Å². The molecule has 21 heavy (non-hydrogen) atoms. The molecule has 0 radical (unpaired) electrons. The summed E-state index contributed by atoms with van der Waals surface area (Å²) in [5.41, 5.74) is 0.976. The van der Waals surface area contributed by atoms with Crippen LogP contribution in [-0.2, 0) is 13.2 Å². The van der Waals surface area contributed by atoms with Crippen LogP contribution in [0, 0.1) is 0 Å². The second kappa shape index (κ2) is 4.84. The lowest BCUT2D eigenvalue weighted by Gasteiger charge is -2.06. The van der Waals surface area contributed by atoms with Crippen molar-refractivity contribution in [1.82, 2.24) is 14.5 Å². The molecule has 0 N–H and O–H groups in total. The molecule has 0 amide bonds. The van der Waals surface area contributed by atoms with Crippen molar-refractivity contribution in [3.63, 3.8) is 0 Å². The summed E-state index contributed by atoms with van der Waals surface area (Å²) in [6, 6.07) is 5.37. The van der Waals surface area contributed by atoms with Gasteiger partial charge < -0.3 is 4.57 Å². The summed E-state index contributed by atoms with van der Waals surface area (Å²) in [6.07, 6.45) is -1.12. The van der Waals surface area contributed by atoms with Gasteiger partial charge in [0.15, 0.2) is 0 Å². The molecule has 2 heterocycles. The molecule has 7 heteroatoms. The lowest BCUT2D eigenvalue weighted by molar-refractivity contribution is -0.137. The molecule has 3 aromatic rings. The van der Waals surface area contributed by atoms with E-state index >= 15 is 0 Å². The number of aryl methyl sites for hydroxylation is 1. The van der Waals surface area contributed by atoms with Crippen LogP contribution in [-0.4, -0.2) is 14.5 Å². The summed E-state index contributed by atoms with van der Waals surface area (Å²) in [6.45, 7) is 0. The van der Waals surface area contributed by atoms with Gasteiger partial charge in [0.1, 0.15) is 5.82 Å². The molecule has 3 rings (SSSR count). The van der Waals surface area contributed by atoms with Crippen LogP contribution >= 0.6 is 15.9 Å². The highest BCUT2D eigenvalue weighted by molar-refractivity contribution is 9.10. The molecule has 108 valence electrons. The average Bonchev–Trinajstić information content (AvgIpc) is 2.75. The Morgan fingerprint density at radius 1 is 1.14 bits per heavy atom. The molecule has 0 spiro atoms. The van der Waals surface area contributed by atoms with Crippen molar-refractivity contribution in [3.05, 3.63) is 46.7 Å². The van der Waals surface area contributed by atoms with Crippen LogP contribution < -0.4 is 0 Å². The number of hydrogen-bond acceptors (Lipinski definition) is 2. The van der Waals surface area contributed by atoms with E-state index in [2.05, 4.69) is 25.9 Å². The maximum atomic E-state index is 12.7. The van der Waals surface area contributed by atoms with Gasteiger partial charge in [-0.15, -0.1) is 0 Å². The molecule has 2 aromatic heterocycles. The highest BCUT2D eigenvalue weighted by atomic mass is 79.9. The lowest BCUT2D eigenvalue weighted by Crippen LogP contribution is -2.04. The number of alkyl halides is 3. The summed E-state index contributed by atoms with van der Waals surface area (Å²) >= 11 is 3.32. The van der Waals surface area contributed by atoms with Gasteiger partial charge in [-0.1, -0.05) is 0 Å². The fraction of sp³-hybridized carbons (Fsp3) is 0.143. The molecule has 1 aromatic carbocycles. The van der Waals surface area contributed by atoms with E-state index in [0.717, 1.165) is 22.2 Å². The van der Waals surface area contributed by atoms with Crippen LogP contribution in [0.4, 0.5) is 13.2 Å². The third kappa shape index (κ3) is 2.53. The first-order valence-corrected chi connectivity index (χ1v) is 6.80. The normalized spacial score (nSPS) is 12.0. The Kier molecular flexibility index (Phi) is 3.24. The van der Waals surface area contributed by atoms with E-state index in [1.165, 1.54) is 6.07 Å². The molecule has 3 nitrogen and oxygen atoms in total. The molecule has 0 fully saturated rings. The highest BCUT2D eigenvalue weighted by Gasteiger charge is 2.31. The van der Waals surface area contributed by atoms with Crippen LogP contribution in [0.15, 0.2) is 41.1 Å². The topological polar surface area (TPSA) is 30.7 Å².